The SMILES string of the molecule is N#Cc1ccc(C(O)CN2CCC(n3ccnc3)CC2)cc1. The molecule has 1 aromatic carbocycles. The van der Waals surface area contributed by atoms with E-state index in [2.05, 4.69) is 20.5 Å². The van der Waals surface area contributed by atoms with Crippen molar-refractivity contribution in [2.45, 2.75) is 25.0 Å². The molecule has 114 valence electrons. The van der Waals surface area contributed by atoms with Gasteiger partial charge in [0.05, 0.1) is 24.1 Å². The lowest BCUT2D eigenvalue weighted by Crippen LogP contribution is -2.37. The summed E-state index contributed by atoms with van der Waals surface area (Å²) in [5, 5.41) is 19.2. The third kappa shape index (κ3) is 3.35. The minimum atomic E-state index is -0.502. The maximum absolute atomic E-state index is 10.3. The maximum Gasteiger partial charge on any atom is 0.0991 e. The van der Waals surface area contributed by atoms with Gasteiger partial charge >= 0.3 is 0 Å². The molecule has 1 N–H and O–H groups in total. The van der Waals surface area contributed by atoms with Crippen LogP contribution in [0.2, 0.25) is 0 Å². The molecule has 1 aromatic heterocycles. The van der Waals surface area contributed by atoms with E-state index in [9.17, 15) is 5.11 Å². The summed E-state index contributed by atoms with van der Waals surface area (Å²) in [6, 6.07) is 9.79. The van der Waals surface area contributed by atoms with Crippen molar-refractivity contribution in [3.63, 3.8) is 0 Å². The van der Waals surface area contributed by atoms with Gasteiger partial charge in [0.25, 0.3) is 0 Å². The molecule has 5 nitrogen and oxygen atoms in total. The molecule has 1 aliphatic rings. The summed E-state index contributed by atoms with van der Waals surface area (Å²) < 4.78 is 2.17. The van der Waals surface area contributed by atoms with Crippen LogP contribution in [-0.2, 0) is 0 Å². The Hall–Kier alpha value is -2.16. The van der Waals surface area contributed by atoms with Gasteiger partial charge < -0.3 is 14.6 Å². The van der Waals surface area contributed by atoms with E-state index in [4.69, 9.17) is 5.26 Å². The first kappa shape index (κ1) is 14.8. The van der Waals surface area contributed by atoms with Crippen LogP contribution in [0.25, 0.3) is 0 Å². The molecule has 1 unspecified atom stereocenters. The Bertz CT molecular complexity index is 622. The van der Waals surface area contributed by atoms with E-state index >= 15 is 0 Å². The monoisotopic (exact) mass is 296 g/mol. The second-order valence-electron chi connectivity index (χ2n) is 5.79. The fourth-order valence-corrected chi connectivity index (χ4v) is 3.02. The molecular formula is C17H20N4O. The zero-order valence-electron chi connectivity index (χ0n) is 12.5. The number of β-amino-alcohol motifs (C(OH)–C–C–N with tert-alkyl or cyclic N) is 1. The Balaban J connectivity index is 1.52. The highest BCUT2D eigenvalue weighted by molar-refractivity contribution is 5.32. The molecule has 1 aliphatic heterocycles. The molecule has 22 heavy (non-hydrogen) atoms. The van der Waals surface area contributed by atoms with Crippen molar-refractivity contribution in [3.05, 3.63) is 54.1 Å². The van der Waals surface area contributed by atoms with Crippen molar-refractivity contribution in [1.82, 2.24) is 14.5 Å². The van der Waals surface area contributed by atoms with Crippen molar-refractivity contribution in [2.75, 3.05) is 19.6 Å². The number of nitriles is 1. The highest BCUT2D eigenvalue weighted by Gasteiger charge is 2.22. The number of aliphatic hydroxyl groups excluding tert-OH is 1. The summed E-state index contributed by atoms with van der Waals surface area (Å²) in [6.07, 6.45) is 7.38. The number of hydrogen-bond acceptors (Lipinski definition) is 4. The van der Waals surface area contributed by atoms with Crippen LogP contribution >= 0.6 is 0 Å². The van der Waals surface area contributed by atoms with E-state index in [1.165, 1.54) is 0 Å². The second kappa shape index (κ2) is 6.73. The van der Waals surface area contributed by atoms with Gasteiger partial charge in [-0.05, 0) is 30.5 Å². The Morgan fingerprint density at radius 1 is 1.27 bits per heavy atom. The van der Waals surface area contributed by atoms with Gasteiger partial charge in [0.2, 0.25) is 0 Å². The fraction of sp³-hybridized carbons (Fsp3) is 0.412. The van der Waals surface area contributed by atoms with Crippen molar-refractivity contribution in [1.29, 1.82) is 5.26 Å². The molecule has 1 atom stereocenters. The third-order valence-electron chi connectivity index (χ3n) is 4.36. The molecule has 1 saturated heterocycles. The first-order valence-electron chi connectivity index (χ1n) is 7.64. The van der Waals surface area contributed by atoms with Gasteiger partial charge in [0.15, 0.2) is 0 Å². The largest absolute Gasteiger partial charge is 0.387 e. The third-order valence-corrected chi connectivity index (χ3v) is 4.36. The molecule has 3 rings (SSSR count). The molecular weight excluding hydrogens is 276 g/mol. The molecule has 2 heterocycles. The van der Waals surface area contributed by atoms with E-state index in [0.29, 0.717) is 18.2 Å². The van der Waals surface area contributed by atoms with E-state index < -0.39 is 6.10 Å². The van der Waals surface area contributed by atoms with Gasteiger partial charge in [-0.2, -0.15) is 5.26 Å². The summed E-state index contributed by atoms with van der Waals surface area (Å²) in [7, 11) is 0. The van der Waals surface area contributed by atoms with Crippen LogP contribution in [0.5, 0.6) is 0 Å². The molecule has 0 bridgehead atoms. The Labute approximate surface area is 130 Å². The normalized spacial score (nSPS) is 18.0. The van der Waals surface area contributed by atoms with E-state index in [1.807, 2.05) is 30.9 Å². The Morgan fingerprint density at radius 3 is 2.59 bits per heavy atom. The minimum Gasteiger partial charge on any atom is -0.387 e. The van der Waals surface area contributed by atoms with Crippen molar-refractivity contribution < 1.29 is 5.11 Å². The van der Waals surface area contributed by atoms with Gasteiger partial charge in [-0.25, -0.2) is 4.98 Å². The molecule has 1 fully saturated rings. The van der Waals surface area contributed by atoms with Crippen molar-refractivity contribution in [3.8, 4) is 6.07 Å². The van der Waals surface area contributed by atoms with Crippen molar-refractivity contribution >= 4 is 0 Å². The number of aliphatic hydroxyl groups is 1. The highest BCUT2D eigenvalue weighted by Crippen LogP contribution is 2.24. The van der Waals surface area contributed by atoms with Crippen LogP contribution in [0.4, 0.5) is 0 Å². The molecule has 0 aliphatic carbocycles. The van der Waals surface area contributed by atoms with E-state index in [1.54, 1.807) is 12.1 Å². The number of piperidine rings is 1. The quantitative estimate of drug-likeness (QED) is 0.938. The lowest BCUT2D eigenvalue weighted by molar-refractivity contribution is 0.0906. The fourth-order valence-electron chi connectivity index (χ4n) is 3.02. The average Bonchev–Trinajstić information content (AvgIpc) is 3.10. The zero-order chi connectivity index (χ0) is 15.4. The van der Waals surface area contributed by atoms with Crippen LogP contribution in [-0.4, -0.2) is 39.2 Å². The van der Waals surface area contributed by atoms with Gasteiger partial charge in [0, 0.05) is 38.1 Å². The van der Waals surface area contributed by atoms with Gasteiger partial charge in [-0.3, -0.25) is 0 Å². The summed E-state index contributed by atoms with van der Waals surface area (Å²) >= 11 is 0. The highest BCUT2D eigenvalue weighted by atomic mass is 16.3. The van der Waals surface area contributed by atoms with Crippen LogP contribution in [0.1, 0.15) is 36.1 Å². The standard InChI is InChI=1S/C17H20N4O/c18-11-14-1-3-15(4-2-14)17(22)12-20-8-5-16(6-9-20)21-10-7-19-13-21/h1-4,7,10,13,16-17,22H,5-6,8-9,12H2. The number of likely N-dealkylation sites (tertiary alicyclic amines) is 1. The summed E-state index contributed by atoms with van der Waals surface area (Å²) in [5.74, 6) is 0. The maximum atomic E-state index is 10.3. The second-order valence-corrected chi connectivity index (χ2v) is 5.79. The number of imidazole rings is 1. The smallest absolute Gasteiger partial charge is 0.0991 e. The Morgan fingerprint density at radius 2 is 2.00 bits per heavy atom. The number of benzene rings is 1. The van der Waals surface area contributed by atoms with E-state index in [0.717, 1.165) is 31.5 Å². The van der Waals surface area contributed by atoms with E-state index in [-0.39, 0.29) is 0 Å². The molecule has 0 saturated carbocycles. The molecule has 5 heteroatoms. The predicted molar refractivity (Wildman–Crippen MR) is 83.1 cm³/mol. The lowest BCUT2D eigenvalue weighted by atomic mass is 10.0. The molecule has 0 radical (unpaired) electrons. The minimum absolute atomic E-state index is 0.502. The summed E-state index contributed by atoms with van der Waals surface area (Å²) in [6.45, 7) is 2.61. The first-order chi connectivity index (χ1) is 10.8. The molecule has 0 spiro atoms. The topological polar surface area (TPSA) is 65.1 Å². The van der Waals surface area contributed by atoms with Gasteiger partial charge in [0.1, 0.15) is 0 Å². The van der Waals surface area contributed by atoms with Crippen LogP contribution in [0.15, 0.2) is 43.0 Å². The van der Waals surface area contributed by atoms with Gasteiger partial charge in [-0.1, -0.05) is 12.1 Å². The van der Waals surface area contributed by atoms with Crippen LogP contribution < -0.4 is 0 Å². The molecule has 2 aromatic rings. The zero-order valence-corrected chi connectivity index (χ0v) is 12.5. The van der Waals surface area contributed by atoms with Crippen LogP contribution in [0.3, 0.4) is 0 Å². The number of hydrogen-bond donors (Lipinski definition) is 1. The average molecular weight is 296 g/mol. The Kier molecular flexibility index (Phi) is 4.52. The van der Waals surface area contributed by atoms with Crippen LogP contribution in [0, 0.1) is 11.3 Å². The predicted octanol–water partition coefficient (Wildman–Crippen LogP) is 2.13. The summed E-state index contributed by atoms with van der Waals surface area (Å²) in [5.41, 5.74) is 1.49. The molecule has 0 amide bonds. The van der Waals surface area contributed by atoms with Gasteiger partial charge in [-0.15, -0.1) is 0 Å². The number of aromatic nitrogens is 2. The number of rotatable bonds is 4. The first-order valence-corrected chi connectivity index (χ1v) is 7.64. The van der Waals surface area contributed by atoms with Crippen molar-refractivity contribution in [2.24, 2.45) is 0 Å². The lowest BCUT2D eigenvalue weighted by Gasteiger charge is -2.33. The number of nitrogens with zero attached hydrogens (tertiary/aromatic N) is 4. The summed E-state index contributed by atoms with van der Waals surface area (Å²) in [4.78, 5) is 6.41.